The standard InChI is InChI=1S/C14H16N2O4S/c1-3-10-4-5-11(8-13(10)21(2,18)19)14(17)15-9-12-6-7-20-16-12/h4-8H,3,9H2,1-2H3,(H,15,17). The first-order valence-corrected chi connectivity index (χ1v) is 8.31. The lowest BCUT2D eigenvalue weighted by Crippen LogP contribution is -2.23. The predicted molar refractivity (Wildman–Crippen MR) is 76.6 cm³/mol. The molecular formula is C14H16N2O4S. The Labute approximate surface area is 123 Å². The van der Waals surface area contributed by atoms with Crippen molar-refractivity contribution in [3.05, 3.63) is 47.3 Å². The van der Waals surface area contributed by atoms with Crippen LogP contribution in [0.1, 0.15) is 28.5 Å². The Morgan fingerprint density at radius 2 is 2.10 bits per heavy atom. The van der Waals surface area contributed by atoms with Gasteiger partial charge in [-0.25, -0.2) is 8.42 Å². The lowest BCUT2D eigenvalue weighted by molar-refractivity contribution is 0.0950. The molecule has 112 valence electrons. The summed E-state index contributed by atoms with van der Waals surface area (Å²) in [6.45, 7) is 2.09. The van der Waals surface area contributed by atoms with Crippen LogP contribution in [0, 0.1) is 0 Å². The van der Waals surface area contributed by atoms with Gasteiger partial charge in [0, 0.05) is 17.9 Å². The monoisotopic (exact) mass is 308 g/mol. The summed E-state index contributed by atoms with van der Waals surface area (Å²) in [4.78, 5) is 12.2. The summed E-state index contributed by atoms with van der Waals surface area (Å²) in [6.07, 6.45) is 3.14. The summed E-state index contributed by atoms with van der Waals surface area (Å²) in [5.41, 5.74) is 1.60. The Morgan fingerprint density at radius 3 is 2.67 bits per heavy atom. The van der Waals surface area contributed by atoms with Crippen molar-refractivity contribution in [2.45, 2.75) is 24.8 Å². The highest BCUT2D eigenvalue weighted by Gasteiger charge is 2.16. The molecule has 7 heteroatoms. The number of nitrogens with one attached hydrogen (secondary N) is 1. The van der Waals surface area contributed by atoms with Gasteiger partial charge in [0.1, 0.15) is 12.0 Å². The van der Waals surface area contributed by atoms with Crippen LogP contribution in [-0.2, 0) is 22.8 Å². The Morgan fingerprint density at radius 1 is 1.33 bits per heavy atom. The number of nitrogens with zero attached hydrogens (tertiary/aromatic N) is 1. The van der Waals surface area contributed by atoms with Crippen molar-refractivity contribution in [2.24, 2.45) is 0 Å². The fourth-order valence-electron chi connectivity index (χ4n) is 1.93. The van der Waals surface area contributed by atoms with E-state index in [1.54, 1.807) is 18.2 Å². The van der Waals surface area contributed by atoms with E-state index in [0.717, 1.165) is 6.26 Å². The summed E-state index contributed by atoms with van der Waals surface area (Å²) in [5.74, 6) is -0.356. The maximum absolute atomic E-state index is 12.1. The number of carbonyl (C=O) groups excluding carboxylic acids is 1. The van der Waals surface area contributed by atoms with Gasteiger partial charge in [-0.3, -0.25) is 4.79 Å². The van der Waals surface area contributed by atoms with Gasteiger partial charge in [-0.1, -0.05) is 18.1 Å². The molecule has 1 N–H and O–H groups in total. The van der Waals surface area contributed by atoms with E-state index in [-0.39, 0.29) is 17.3 Å². The molecule has 0 fully saturated rings. The van der Waals surface area contributed by atoms with Gasteiger partial charge < -0.3 is 9.84 Å². The minimum absolute atomic E-state index is 0.194. The molecule has 0 saturated heterocycles. The van der Waals surface area contributed by atoms with Gasteiger partial charge in [-0.05, 0) is 24.1 Å². The molecule has 0 atom stereocenters. The van der Waals surface area contributed by atoms with Gasteiger partial charge in [0.25, 0.3) is 5.91 Å². The van der Waals surface area contributed by atoms with Crippen LogP contribution in [0.2, 0.25) is 0 Å². The zero-order valence-electron chi connectivity index (χ0n) is 11.8. The van der Waals surface area contributed by atoms with E-state index in [9.17, 15) is 13.2 Å². The van der Waals surface area contributed by atoms with Crippen LogP contribution >= 0.6 is 0 Å². The second kappa shape index (κ2) is 6.09. The molecule has 0 aliphatic rings. The summed E-state index contributed by atoms with van der Waals surface area (Å²) in [5, 5.41) is 6.34. The number of aromatic nitrogens is 1. The van der Waals surface area contributed by atoms with Gasteiger partial charge in [0.2, 0.25) is 0 Å². The van der Waals surface area contributed by atoms with Gasteiger partial charge >= 0.3 is 0 Å². The number of rotatable bonds is 5. The Hall–Kier alpha value is -2.15. The summed E-state index contributed by atoms with van der Waals surface area (Å²) < 4.78 is 28.2. The summed E-state index contributed by atoms with van der Waals surface area (Å²) >= 11 is 0. The van der Waals surface area contributed by atoms with Crippen LogP contribution in [0.15, 0.2) is 39.9 Å². The molecule has 6 nitrogen and oxygen atoms in total. The van der Waals surface area contributed by atoms with Crippen LogP contribution < -0.4 is 5.32 Å². The number of amides is 1. The van der Waals surface area contributed by atoms with Crippen LogP contribution in [0.4, 0.5) is 0 Å². The lowest BCUT2D eigenvalue weighted by atomic mass is 10.1. The highest BCUT2D eigenvalue weighted by atomic mass is 32.2. The third kappa shape index (κ3) is 3.69. The molecule has 0 radical (unpaired) electrons. The van der Waals surface area contributed by atoms with Gasteiger partial charge in [-0.2, -0.15) is 0 Å². The minimum atomic E-state index is -3.37. The van der Waals surface area contributed by atoms with E-state index in [0.29, 0.717) is 23.2 Å². The average Bonchev–Trinajstić information content (AvgIpc) is 2.96. The molecule has 1 aromatic heterocycles. The Kier molecular flexibility index (Phi) is 4.42. The van der Waals surface area contributed by atoms with Gasteiger partial charge in [0.15, 0.2) is 9.84 Å². The van der Waals surface area contributed by atoms with E-state index >= 15 is 0 Å². The zero-order chi connectivity index (χ0) is 15.5. The molecule has 0 spiro atoms. The average molecular weight is 308 g/mol. The molecule has 2 aromatic rings. The number of aryl methyl sites for hydroxylation is 1. The molecule has 0 aliphatic heterocycles. The van der Waals surface area contributed by atoms with Crippen molar-refractivity contribution in [2.75, 3.05) is 6.26 Å². The smallest absolute Gasteiger partial charge is 0.251 e. The molecule has 0 bridgehead atoms. The fraction of sp³-hybridized carbons (Fsp3) is 0.286. The summed E-state index contributed by atoms with van der Waals surface area (Å²) in [7, 11) is -3.37. The number of hydrogen-bond donors (Lipinski definition) is 1. The number of hydrogen-bond acceptors (Lipinski definition) is 5. The van der Waals surface area contributed by atoms with E-state index in [4.69, 9.17) is 0 Å². The summed E-state index contributed by atoms with van der Waals surface area (Å²) in [6, 6.07) is 6.34. The predicted octanol–water partition coefficient (Wildman–Crippen LogP) is 1.57. The number of benzene rings is 1. The number of sulfone groups is 1. The van der Waals surface area contributed by atoms with Crippen molar-refractivity contribution in [3.8, 4) is 0 Å². The third-order valence-electron chi connectivity index (χ3n) is 3.03. The molecule has 0 saturated carbocycles. The zero-order valence-corrected chi connectivity index (χ0v) is 12.6. The largest absolute Gasteiger partial charge is 0.364 e. The van der Waals surface area contributed by atoms with Crippen molar-refractivity contribution in [3.63, 3.8) is 0 Å². The maximum Gasteiger partial charge on any atom is 0.251 e. The van der Waals surface area contributed by atoms with Gasteiger partial charge in [-0.15, -0.1) is 0 Å². The Bertz CT molecular complexity index is 736. The first kappa shape index (κ1) is 15.2. The lowest BCUT2D eigenvalue weighted by Gasteiger charge is -2.09. The second-order valence-corrected chi connectivity index (χ2v) is 6.61. The molecule has 0 unspecified atom stereocenters. The van der Waals surface area contributed by atoms with Crippen molar-refractivity contribution in [1.82, 2.24) is 10.5 Å². The normalized spacial score (nSPS) is 11.3. The van der Waals surface area contributed by atoms with Crippen molar-refractivity contribution >= 4 is 15.7 Å². The molecule has 1 amide bonds. The molecule has 1 aromatic carbocycles. The molecule has 21 heavy (non-hydrogen) atoms. The van der Waals surface area contributed by atoms with E-state index in [1.807, 2.05) is 6.92 Å². The van der Waals surface area contributed by atoms with Crippen molar-refractivity contribution in [1.29, 1.82) is 0 Å². The second-order valence-electron chi connectivity index (χ2n) is 4.62. The van der Waals surface area contributed by atoms with Crippen LogP contribution in [0.25, 0.3) is 0 Å². The first-order valence-electron chi connectivity index (χ1n) is 6.42. The highest BCUT2D eigenvalue weighted by molar-refractivity contribution is 7.90. The van der Waals surface area contributed by atoms with Crippen LogP contribution in [-0.4, -0.2) is 25.7 Å². The van der Waals surface area contributed by atoms with E-state index < -0.39 is 9.84 Å². The molecule has 0 aliphatic carbocycles. The SMILES string of the molecule is CCc1ccc(C(=O)NCc2ccon2)cc1S(C)(=O)=O. The highest BCUT2D eigenvalue weighted by Crippen LogP contribution is 2.18. The van der Waals surface area contributed by atoms with Crippen LogP contribution in [0.5, 0.6) is 0 Å². The molecule has 1 heterocycles. The quantitative estimate of drug-likeness (QED) is 0.905. The van der Waals surface area contributed by atoms with Crippen LogP contribution in [0.3, 0.4) is 0 Å². The Balaban J connectivity index is 2.22. The van der Waals surface area contributed by atoms with Gasteiger partial charge in [0.05, 0.1) is 11.4 Å². The fourth-order valence-corrected chi connectivity index (χ4v) is 2.96. The molecular weight excluding hydrogens is 292 g/mol. The van der Waals surface area contributed by atoms with E-state index in [2.05, 4.69) is 15.0 Å². The minimum Gasteiger partial charge on any atom is -0.364 e. The van der Waals surface area contributed by atoms with Crippen molar-refractivity contribution < 1.29 is 17.7 Å². The maximum atomic E-state index is 12.1. The third-order valence-corrected chi connectivity index (χ3v) is 4.21. The topological polar surface area (TPSA) is 89.3 Å². The number of carbonyl (C=O) groups is 1. The van der Waals surface area contributed by atoms with E-state index in [1.165, 1.54) is 12.3 Å². The first-order chi connectivity index (χ1) is 9.91. The molecule has 2 rings (SSSR count).